The molecule has 1 heterocycles. The molecule has 3 rings (SSSR count). The van der Waals surface area contributed by atoms with Crippen molar-refractivity contribution in [3.05, 3.63) is 65.2 Å². The molecule has 1 aliphatic heterocycles. The Labute approximate surface area is 186 Å². The number of likely N-dealkylation sites (tertiary alicyclic amines) is 1. The van der Waals surface area contributed by atoms with Crippen molar-refractivity contribution in [1.82, 2.24) is 10.2 Å². The Hall–Kier alpha value is -3.01. The molecule has 0 aliphatic carbocycles. The molecular weight excluding hydrogens is 440 g/mol. The molecule has 10 heteroatoms. The second-order valence-corrected chi connectivity index (χ2v) is 9.60. The molecule has 0 spiro atoms. The maximum atomic E-state index is 13.7. The minimum absolute atomic E-state index is 0.0905. The van der Waals surface area contributed by atoms with Crippen molar-refractivity contribution < 1.29 is 26.8 Å². The summed E-state index contributed by atoms with van der Waals surface area (Å²) >= 11 is 0. The van der Waals surface area contributed by atoms with E-state index in [1.807, 2.05) is 24.3 Å². The second kappa shape index (κ2) is 9.64. The molecule has 2 amide bonds. The summed E-state index contributed by atoms with van der Waals surface area (Å²) in [5, 5.41) is 2.71. The summed E-state index contributed by atoms with van der Waals surface area (Å²) in [6.07, 6.45) is 2.24. The Morgan fingerprint density at radius 1 is 1.16 bits per heavy atom. The number of carbonyl (C=O) groups excluding carboxylic acids is 2. The fraction of sp³-hybridized carbons (Fsp3) is 0.364. The molecule has 0 aromatic heterocycles. The molecule has 2 aromatic carbocycles. The van der Waals surface area contributed by atoms with Gasteiger partial charge in [-0.05, 0) is 36.6 Å². The SMILES string of the molecule is CC(C(=O)NCc1ccccc1CN1CCCC1=O)N(c1ccc(F)c(F)c1)S(C)(=O)=O. The average Bonchev–Trinajstić information content (AvgIpc) is 3.13. The van der Waals surface area contributed by atoms with E-state index in [0.29, 0.717) is 19.5 Å². The first-order chi connectivity index (χ1) is 15.1. The number of benzene rings is 2. The van der Waals surface area contributed by atoms with Gasteiger partial charge in [0.1, 0.15) is 6.04 Å². The van der Waals surface area contributed by atoms with E-state index in [0.717, 1.165) is 46.3 Å². The van der Waals surface area contributed by atoms with Crippen LogP contribution in [-0.4, -0.2) is 44.0 Å². The summed E-state index contributed by atoms with van der Waals surface area (Å²) in [5.41, 5.74) is 1.53. The molecular formula is C22H25F2N3O4S. The number of hydrogen-bond donors (Lipinski definition) is 1. The second-order valence-electron chi connectivity index (χ2n) is 7.74. The summed E-state index contributed by atoms with van der Waals surface area (Å²) in [4.78, 5) is 26.5. The first-order valence-electron chi connectivity index (χ1n) is 10.1. The molecule has 32 heavy (non-hydrogen) atoms. The van der Waals surface area contributed by atoms with Gasteiger partial charge in [-0.1, -0.05) is 24.3 Å². The van der Waals surface area contributed by atoms with Gasteiger partial charge in [-0.2, -0.15) is 0 Å². The fourth-order valence-corrected chi connectivity index (χ4v) is 4.89. The molecule has 1 unspecified atom stereocenters. The average molecular weight is 466 g/mol. The zero-order valence-corrected chi connectivity index (χ0v) is 18.7. The number of hydrogen-bond acceptors (Lipinski definition) is 4. The summed E-state index contributed by atoms with van der Waals surface area (Å²) in [7, 11) is -3.97. The first-order valence-corrected chi connectivity index (χ1v) is 12.0. The molecule has 1 saturated heterocycles. The van der Waals surface area contributed by atoms with E-state index in [-0.39, 0.29) is 18.1 Å². The van der Waals surface area contributed by atoms with Crippen LogP contribution in [0.15, 0.2) is 42.5 Å². The molecule has 2 aromatic rings. The maximum absolute atomic E-state index is 13.7. The highest BCUT2D eigenvalue weighted by Gasteiger charge is 2.30. The van der Waals surface area contributed by atoms with Gasteiger partial charge < -0.3 is 10.2 Å². The molecule has 0 bridgehead atoms. The highest BCUT2D eigenvalue weighted by molar-refractivity contribution is 7.92. The van der Waals surface area contributed by atoms with Crippen LogP contribution in [0.2, 0.25) is 0 Å². The van der Waals surface area contributed by atoms with Gasteiger partial charge in [-0.15, -0.1) is 0 Å². The molecule has 1 fully saturated rings. The predicted octanol–water partition coefficient (Wildman–Crippen LogP) is 2.56. The van der Waals surface area contributed by atoms with Gasteiger partial charge in [-0.25, -0.2) is 17.2 Å². The molecule has 1 aliphatic rings. The third-order valence-corrected chi connectivity index (χ3v) is 6.59. The van der Waals surface area contributed by atoms with Gasteiger partial charge in [0.2, 0.25) is 21.8 Å². The van der Waals surface area contributed by atoms with Crippen molar-refractivity contribution in [2.75, 3.05) is 17.1 Å². The Kier molecular flexibility index (Phi) is 7.12. The monoisotopic (exact) mass is 465 g/mol. The van der Waals surface area contributed by atoms with Gasteiger partial charge in [0.25, 0.3) is 0 Å². The zero-order valence-electron chi connectivity index (χ0n) is 17.8. The van der Waals surface area contributed by atoms with Gasteiger partial charge in [0.05, 0.1) is 11.9 Å². The molecule has 1 atom stereocenters. The summed E-state index contributed by atoms with van der Waals surface area (Å²) in [6, 6.07) is 8.80. The van der Waals surface area contributed by atoms with Gasteiger partial charge in [0, 0.05) is 32.1 Å². The highest BCUT2D eigenvalue weighted by Crippen LogP contribution is 2.23. The third-order valence-electron chi connectivity index (χ3n) is 5.35. The summed E-state index contributed by atoms with van der Waals surface area (Å²) in [5.74, 6) is -2.85. The van der Waals surface area contributed by atoms with Crippen molar-refractivity contribution in [3.8, 4) is 0 Å². The zero-order chi connectivity index (χ0) is 23.5. The lowest BCUT2D eigenvalue weighted by Crippen LogP contribution is -2.47. The molecule has 0 radical (unpaired) electrons. The number of nitrogens with one attached hydrogen (secondary N) is 1. The maximum Gasteiger partial charge on any atom is 0.243 e. The summed E-state index contributed by atoms with van der Waals surface area (Å²) in [6.45, 7) is 2.61. The molecule has 172 valence electrons. The van der Waals surface area contributed by atoms with Gasteiger partial charge in [0.15, 0.2) is 11.6 Å². The van der Waals surface area contributed by atoms with Crippen LogP contribution in [0, 0.1) is 11.6 Å². The van der Waals surface area contributed by atoms with E-state index in [9.17, 15) is 26.8 Å². The van der Waals surface area contributed by atoms with Crippen LogP contribution in [0.25, 0.3) is 0 Å². The molecule has 7 nitrogen and oxygen atoms in total. The topological polar surface area (TPSA) is 86.8 Å². The predicted molar refractivity (Wildman–Crippen MR) is 116 cm³/mol. The van der Waals surface area contributed by atoms with Crippen LogP contribution in [-0.2, 0) is 32.7 Å². The van der Waals surface area contributed by atoms with Crippen molar-refractivity contribution in [2.24, 2.45) is 0 Å². The fourth-order valence-electron chi connectivity index (χ4n) is 3.72. The largest absolute Gasteiger partial charge is 0.350 e. The number of sulfonamides is 1. The summed E-state index contributed by atoms with van der Waals surface area (Å²) < 4.78 is 52.4. The van der Waals surface area contributed by atoms with Crippen molar-refractivity contribution in [1.29, 1.82) is 0 Å². The number of amides is 2. The van der Waals surface area contributed by atoms with Crippen molar-refractivity contribution in [2.45, 2.75) is 38.9 Å². The highest BCUT2D eigenvalue weighted by atomic mass is 32.2. The van der Waals surface area contributed by atoms with Crippen molar-refractivity contribution >= 4 is 27.5 Å². The number of halogens is 2. The standard InChI is InChI=1S/C22H25F2N3O4S/c1-15(27(32(2,30)31)18-9-10-19(23)20(24)12-18)22(29)25-13-16-6-3-4-7-17(16)14-26-11-5-8-21(26)28/h3-4,6-7,9-10,12,15H,5,8,11,13-14H2,1-2H3,(H,25,29). The lowest BCUT2D eigenvalue weighted by Gasteiger charge is -2.28. The number of anilines is 1. The Morgan fingerprint density at radius 3 is 2.44 bits per heavy atom. The lowest BCUT2D eigenvalue weighted by molar-refractivity contribution is -0.128. The minimum atomic E-state index is -3.97. The lowest BCUT2D eigenvalue weighted by atomic mass is 10.1. The van der Waals surface area contributed by atoms with E-state index in [1.54, 1.807) is 4.90 Å². The number of rotatable bonds is 8. The van der Waals surface area contributed by atoms with Crippen LogP contribution >= 0.6 is 0 Å². The van der Waals surface area contributed by atoms with Crippen LogP contribution in [0.4, 0.5) is 14.5 Å². The van der Waals surface area contributed by atoms with E-state index < -0.39 is 33.6 Å². The number of nitrogens with zero attached hydrogens (tertiary/aromatic N) is 2. The minimum Gasteiger partial charge on any atom is -0.350 e. The van der Waals surface area contributed by atoms with E-state index in [1.165, 1.54) is 6.92 Å². The number of carbonyl (C=O) groups is 2. The van der Waals surface area contributed by atoms with E-state index >= 15 is 0 Å². The first kappa shape index (κ1) is 23.6. The van der Waals surface area contributed by atoms with E-state index in [2.05, 4.69) is 5.32 Å². The Bertz CT molecular complexity index is 1120. The normalized spacial score (nSPS) is 15.0. The quantitative estimate of drug-likeness (QED) is 0.649. The Morgan fingerprint density at radius 2 is 1.84 bits per heavy atom. The van der Waals surface area contributed by atoms with Crippen molar-refractivity contribution in [3.63, 3.8) is 0 Å². The van der Waals surface area contributed by atoms with Crippen LogP contribution in [0.5, 0.6) is 0 Å². The van der Waals surface area contributed by atoms with Crippen LogP contribution in [0.1, 0.15) is 30.9 Å². The smallest absolute Gasteiger partial charge is 0.243 e. The molecule has 0 saturated carbocycles. The molecule has 1 N–H and O–H groups in total. The van der Waals surface area contributed by atoms with Gasteiger partial charge >= 0.3 is 0 Å². The van der Waals surface area contributed by atoms with E-state index in [4.69, 9.17) is 0 Å². The van der Waals surface area contributed by atoms with Gasteiger partial charge in [-0.3, -0.25) is 13.9 Å². The van der Waals surface area contributed by atoms with Crippen LogP contribution < -0.4 is 9.62 Å². The Balaban J connectivity index is 1.75. The van der Waals surface area contributed by atoms with Crippen LogP contribution in [0.3, 0.4) is 0 Å². The third kappa shape index (κ3) is 5.42.